The van der Waals surface area contributed by atoms with Gasteiger partial charge in [-0.2, -0.15) is 0 Å². The van der Waals surface area contributed by atoms with Gasteiger partial charge >= 0.3 is 0 Å². The first kappa shape index (κ1) is 9.75. The molecule has 0 spiro atoms. The monoisotopic (exact) mass is 169 g/mol. The lowest BCUT2D eigenvalue weighted by molar-refractivity contribution is 0.0902. The van der Waals surface area contributed by atoms with E-state index in [1.54, 1.807) is 0 Å². The van der Waals surface area contributed by atoms with Crippen LogP contribution in [0.3, 0.4) is 0 Å². The zero-order valence-corrected chi connectivity index (χ0v) is 7.96. The molecule has 70 valence electrons. The number of nitrogens with zero attached hydrogens (tertiary/aromatic N) is 1. The van der Waals surface area contributed by atoms with Crippen LogP contribution in [0.15, 0.2) is 12.7 Å². The van der Waals surface area contributed by atoms with E-state index < -0.39 is 0 Å². The molecule has 12 heavy (non-hydrogen) atoms. The molecular weight excluding hydrogens is 150 g/mol. The van der Waals surface area contributed by atoms with Gasteiger partial charge in [0.05, 0.1) is 6.10 Å². The second-order valence-electron chi connectivity index (χ2n) is 3.38. The Kier molecular flexibility index (Phi) is 4.33. The minimum absolute atomic E-state index is 0.486. The first-order valence-electron chi connectivity index (χ1n) is 4.73. The van der Waals surface area contributed by atoms with Crippen molar-refractivity contribution in [1.29, 1.82) is 0 Å². The van der Waals surface area contributed by atoms with Crippen molar-refractivity contribution in [2.75, 3.05) is 26.7 Å². The van der Waals surface area contributed by atoms with E-state index in [2.05, 4.69) is 11.5 Å². The molecule has 0 aromatic heterocycles. The summed E-state index contributed by atoms with van der Waals surface area (Å²) < 4.78 is 5.35. The molecule has 1 aliphatic heterocycles. The predicted octanol–water partition coefficient (Wildman–Crippen LogP) is 1.67. The van der Waals surface area contributed by atoms with E-state index >= 15 is 0 Å². The Hall–Kier alpha value is -0.340. The lowest BCUT2D eigenvalue weighted by Gasteiger charge is -2.17. The molecule has 2 heteroatoms. The minimum atomic E-state index is 0.486. The van der Waals surface area contributed by atoms with Crippen LogP contribution in [0.25, 0.3) is 0 Å². The van der Waals surface area contributed by atoms with Gasteiger partial charge in [0.15, 0.2) is 0 Å². The van der Waals surface area contributed by atoms with Crippen LogP contribution in [0, 0.1) is 0 Å². The Bertz CT molecular complexity index is 136. The largest absolute Gasteiger partial charge is 0.381 e. The molecule has 0 saturated carbocycles. The van der Waals surface area contributed by atoms with E-state index in [0.717, 1.165) is 13.1 Å². The lowest BCUT2D eigenvalue weighted by atomic mass is 10.2. The van der Waals surface area contributed by atoms with E-state index in [4.69, 9.17) is 4.74 Å². The van der Waals surface area contributed by atoms with E-state index in [1.807, 2.05) is 13.2 Å². The smallest absolute Gasteiger partial charge is 0.0584 e. The van der Waals surface area contributed by atoms with Crippen LogP contribution < -0.4 is 0 Å². The number of methoxy groups -OCH3 is 1. The highest BCUT2D eigenvalue weighted by molar-refractivity contribution is 4.77. The Balaban J connectivity index is 2.28. The first-order valence-corrected chi connectivity index (χ1v) is 4.73. The zero-order valence-electron chi connectivity index (χ0n) is 7.96. The van der Waals surface area contributed by atoms with Gasteiger partial charge in [-0.3, -0.25) is 4.90 Å². The zero-order chi connectivity index (χ0) is 8.81. The summed E-state index contributed by atoms with van der Waals surface area (Å²) in [4.78, 5) is 2.44. The first-order chi connectivity index (χ1) is 5.86. The second-order valence-corrected chi connectivity index (χ2v) is 3.38. The van der Waals surface area contributed by atoms with E-state index in [-0.39, 0.29) is 0 Å². The molecule has 1 saturated heterocycles. The molecule has 0 aromatic carbocycles. The molecule has 0 amide bonds. The van der Waals surface area contributed by atoms with E-state index in [1.165, 1.54) is 25.8 Å². The van der Waals surface area contributed by atoms with Gasteiger partial charge in [-0.1, -0.05) is 6.08 Å². The molecule has 0 bridgehead atoms. The summed E-state index contributed by atoms with van der Waals surface area (Å²) in [6, 6.07) is 0. The molecule has 0 aromatic rings. The van der Waals surface area contributed by atoms with Crippen molar-refractivity contribution in [1.82, 2.24) is 4.90 Å². The third-order valence-corrected chi connectivity index (χ3v) is 2.49. The maximum Gasteiger partial charge on any atom is 0.0584 e. The van der Waals surface area contributed by atoms with Gasteiger partial charge in [0, 0.05) is 20.2 Å². The highest BCUT2D eigenvalue weighted by atomic mass is 16.5. The minimum Gasteiger partial charge on any atom is -0.381 e. The number of hydrogen-bond acceptors (Lipinski definition) is 2. The van der Waals surface area contributed by atoms with Crippen LogP contribution in [0.1, 0.15) is 19.3 Å². The average molecular weight is 169 g/mol. The summed E-state index contributed by atoms with van der Waals surface area (Å²) >= 11 is 0. The van der Waals surface area contributed by atoms with Crippen molar-refractivity contribution in [3.8, 4) is 0 Å². The lowest BCUT2D eigenvalue weighted by Crippen LogP contribution is -2.25. The summed E-state index contributed by atoms with van der Waals surface area (Å²) in [5, 5.41) is 0. The second kappa shape index (κ2) is 5.33. The standard InChI is InChI=1S/C10H19NO/c1-3-7-11-8-4-5-10(12-2)6-9-11/h3,10H,1,4-9H2,2H3. The Morgan fingerprint density at radius 2 is 2.33 bits per heavy atom. The summed E-state index contributed by atoms with van der Waals surface area (Å²) in [7, 11) is 1.81. The highest BCUT2D eigenvalue weighted by Gasteiger charge is 2.14. The normalized spacial score (nSPS) is 26.6. The Morgan fingerprint density at radius 1 is 1.50 bits per heavy atom. The van der Waals surface area contributed by atoms with Crippen LogP contribution >= 0.6 is 0 Å². The van der Waals surface area contributed by atoms with Gasteiger partial charge in [0.25, 0.3) is 0 Å². The van der Waals surface area contributed by atoms with Gasteiger partial charge in [-0.25, -0.2) is 0 Å². The van der Waals surface area contributed by atoms with E-state index in [0.29, 0.717) is 6.10 Å². The topological polar surface area (TPSA) is 12.5 Å². The number of ether oxygens (including phenoxy) is 1. The SMILES string of the molecule is C=CCN1CCCC(OC)CC1. The fourth-order valence-electron chi connectivity index (χ4n) is 1.73. The molecule has 0 aliphatic carbocycles. The van der Waals surface area contributed by atoms with Crippen molar-refractivity contribution in [3.05, 3.63) is 12.7 Å². The third-order valence-electron chi connectivity index (χ3n) is 2.49. The van der Waals surface area contributed by atoms with Crippen LogP contribution in [0.2, 0.25) is 0 Å². The number of rotatable bonds is 3. The molecule has 1 heterocycles. The van der Waals surface area contributed by atoms with Crippen LogP contribution in [-0.2, 0) is 4.74 Å². The van der Waals surface area contributed by atoms with Crippen molar-refractivity contribution in [2.45, 2.75) is 25.4 Å². The van der Waals surface area contributed by atoms with Gasteiger partial charge in [0.2, 0.25) is 0 Å². The maximum atomic E-state index is 5.35. The van der Waals surface area contributed by atoms with E-state index in [9.17, 15) is 0 Å². The number of likely N-dealkylation sites (tertiary alicyclic amines) is 1. The van der Waals surface area contributed by atoms with Crippen LogP contribution in [-0.4, -0.2) is 37.7 Å². The van der Waals surface area contributed by atoms with Gasteiger partial charge in [-0.15, -0.1) is 6.58 Å². The van der Waals surface area contributed by atoms with Gasteiger partial charge < -0.3 is 4.74 Å². The van der Waals surface area contributed by atoms with Crippen LogP contribution in [0.4, 0.5) is 0 Å². The van der Waals surface area contributed by atoms with Crippen molar-refractivity contribution < 1.29 is 4.74 Å². The molecule has 0 radical (unpaired) electrons. The molecule has 2 nitrogen and oxygen atoms in total. The van der Waals surface area contributed by atoms with Crippen LogP contribution in [0.5, 0.6) is 0 Å². The third kappa shape index (κ3) is 2.95. The molecular formula is C10H19NO. The van der Waals surface area contributed by atoms with Crippen molar-refractivity contribution in [2.24, 2.45) is 0 Å². The summed E-state index contributed by atoms with van der Waals surface area (Å²) in [6.45, 7) is 7.13. The summed E-state index contributed by atoms with van der Waals surface area (Å²) in [5.74, 6) is 0. The summed E-state index contributed by atoms with van der Waals surface area (Å²) in [6.07, 6.45) is 6.10. The average Bonchev–Trinajstić information content (AvgIpc) is 2.31. The fourth-order valence-corrected chi connectivity index (χ4v) is 1.73. The quantitative estimate of drug-likeness (QED) is 0.596. The number of hydrogen-bond donors (Lipinski definition) is 0. The molecule has 1 unspecified atom stereocenters. The van der Waals surface area contributed by atoms with Crippen molar-refractivity contribution in [3.63, 3.8) is 0 Å². The van der Waals surface area contributed by atoms with Gasteiger partial charge in [0.1, 0.15) is 0 Å². The molecule has 1 rings (SSSR count). The molecule has 1 atom stereocenters. The Labute approximate surface area is 75.2 Å². The Morgan fingerprint density at radius 3 is 3.00 bits per heavy atom. The predicted molar refractivity (Wildman–Crippen MR) is 51.3 cm³/mol. The molecule has 0 N–H and O–H groups in total. The van der Waals surface area contributed by atoms with Crippen molar-refractivity contribution >= 4 is 0 Å². The summed E-state index contributed by atoms with van der Waals surface area (Å²) in [5.41, 5.74) is 0. The molecule has 1 fully saturated rings. The highest BCUT2D eigenvalue weighted by Crippen LogP contribution is 2.12. The maximum absolute atomic E-state index is 5.35. The van der Waals surface area contributed by atoms with Gasteiger partial charge in [-0.05, 0) is 25.8 Å². The molecule has 1 aliphatic rings. The fraction of sp³-hybridized carbons (Fsp3) is 0.800.